The molecule has 0 radical (unpaired) electrons. The Morgan fingerprint density at radius 1 is 1.47 bits per heavy atom. The van der Waals surface area contributed by atoms with E-state index in [1.165, 1.54) is 6.08 Å². The van der Waals surface area contributed by atoms with E-state index in [0.29, 0.717) is 23.2 Å². The van der Waals surface area contributed by atoms with Crippen molar-refractivity contribution in [1.29, 1.82) is 0 Å². The molecule has 6 heteroatoms. The fourth-order valence-electron chi connectivity index (χ4n) is 1.50. The van der Waals surface area contributed by atoms with E-state index in [9.17, 15) is 4.79 Å². The van der Waals surface area contributed by atoms with E-state index in [2.05, 4.69) is 0 Å². The second-order valence-corrected chi connectivity index (χ2v) is 4.46. The molecule has 0 amide bonds. The predicted molar refractivity (Wildman–Crippen MR) is 81.3 cm³/mol. The summed E-state index contributed by atoms with van der Waals surface area (Å²) in [6.07, 6.45) is 3.05. The predicted octanol–water partition coefficient (Wildman–Crippen LogP) is 3.58. The number of ether oxygens (including phenoxy) is 1. The van der Waals surface area contributed by atoms with Crippen LogP contribution in [0, 0.1) is 0 Å². The zero-order chi connectivity index (χ0) is 13.5. The van der Waals surface area contributed by atoms with Gasteiger partial charge in [-0.2, -0.15) is 0 Å². The number of nitrogens with two attached hydrogens (primary N) is 1. The first-order chi connectivity index (χ1) is 8.58. The van der Waals surface area contributed by atoms with Crippen LogP contribution < -0.4 is 5.73 Å². The van der Waals surface area contributed by atoms with Crippen LogP contribution in [0.25, 0.3) is 0 Å². The molecule has 1 aromatic rings. The van der Waals surface area contributed by atoms with Gasteiger partial charge < -0.3 is 10.5 Å². The summed E-state index contributed by atoms with van der Waals surface area (Å²) >= 11 is 11.9. The third kappa shape index (κ3) is 5.83. The first kappa shape index (κ1) is 18.3. The lowest BCUT2D eigenvalue weighted by atomic mass is 9.98. The molecule has 3 nitrogen and oxygen atoms in total. The normalized spacial score (nSPS) is 12.0. The van der Waals surface area contributed by atoms with Gasteiger partial charge in [0.2, 0.25) is 0 Å². The Hall–Kier alpha value is -0.740. The number of benzene rings is 1. The number of esters is 1. The van der Waals surface area contributed by atoms with Gasteiger partial charge in [-0.25, -0.2) is 4.79 Å². The standard InChI is InChI=1S/C13H15Cl2NO2.ClH/c1-2-18-13(17)6-3-9(8-16)11-5-4-10(14)7-12(11)15;/h3-7,9H,2,8,16H2,1H3;1H/b6-3+;. The maximum Gasteiger partial charge on any atom is 0.330 e. The second kappa shape index (κ2) is 9.21. The van der Waals surface area contributed by atoms with Gasteiger partial charge in [0.05, 0.1) is 6.61 Å². The Morgan fingerprint density at radius 3 is 2.68 bits per heavy atom. The van der Waals surface area contributed by atoms with E-state index >= 15 is 0 Å². The summed E-state index contributed by atoms with van der Waals surface area (Å²) in [4.78, 5) is 11.2. The number of hydrogen-bond acceptors (Lipinski definition) is 3. The van der Waals surface area contributed by atoms with Crippen molar-refractivity contribution in [3.05, 3.63) is 46.0 Å². The van der Waals surface area contributed by atoms with Crippen LogP contribution in [0.5, 0.6) is 0 Å². The van der Waals surface area contributed by atoms with E-state index in [1.807, 2.05) is 0 Å². The summed E-state index contributed by atoms with van der Waals surface area (Å²) in [6.45, 7) is 2.44. The van der Waals surface area contributed by atoms with Gasteiger partial charge >= 0.3 is 5.97 Å². The Kier molecular flexibility index (Phi) is 8.85. The highest BCUT2D eigenvalue weighted by atomic mass is 35.5. The van der Waals surface area contributed by atoms with E-state index < -0.39 is 0 Å². The van der Waals surface area contributed by atoms with Crippen LogP contribution in [0.4, 0.5) is 0 Å². The lowest BCUT2D eigenvalue weighted by Gasteiger charge is -2.12. The number of halogens is 3. The van der Waals surface area contributed by atoms with Crippen molar-refractivity contribution >= 4 is 41.6 Å². The molecule has 0 aliphatic rings. The Labute approximate surface area is 129 Å². The first-order valence-corrected chi connectivity index (χ1v) is 6.34. The highest BCUT2D eigenvalue weighted by molar-refractivity contribution is 6.35. The van der Waals surface area contributed by atoms with Gasteiger partial charge in [-0.1, -0.05) is 35.3 Å². The van der Waals surface area contributed by atoms with Crippen molar-refractivity contribution in [2.24, 2.45) is 5.73 Å². The molecule has 1 rings (SSSR count). The number of hydrogen-bond donors (Lipinski definition) is 1. The highest BCUT2D eigenvalue weighted by Gasteiger charge is 2.11. The van der Waals surface area contributed by atoms with Gasteiger partial charge in [0.15, 0.2) is 0 Å². The molecule has 1 unspecified atom stereocenters. The molecule has 19 heavy (non-hydrogen) atoms. The second-order valence-electron chi connectivity index (χ2n) is 3.62. The Bertz CT molecular complexity index is 450. The van der Waals surface area contributed by atoms with Crippen LogP contribution in [0.1, 0.15) is 18.4 Å². The van der Waals surface area contributed by atoms with E-state index in [0.717, 1.165) is 5.56 Å². The molecule has 106 valence electrons. The average Bonchev–Trinajstić information content (AvgIpc) is 2.32. The third-order valence-corrected chi connectivity index (χ3v) is 2.93. The molecule has 0 aliphatic carbocycles. The minimum absolute atomic E-state index is 0. The molecule has 2 N–H and O–H groups in total. The van der Waals surface area contributed by atoms with Crippen LogP contribution >= 0.6 is 35.6 Å². The lowest BCUT2D eigenvalue weighted by molar-refractivity contribution is -0.137. The maximum atomic E-state index is 11.2. The molecule has 0 aliphatic heterocycles. The van der Waals surface area contributed by atoms with Gasteiger partial charge in [0.25, 0.3) is 0 Å². The fraction of sp³-hybridized carbons (Fsp3) is 0.308. The van der Waals surface area contributed by atoms with Crippen molar-refractivity contribution in [3.8, 4) is 0 Å². The van der Waals surface area contributed by atoms with Gasteiger partial charge in [-0.3, -0.25) is 0 Å². The van der Waals surface area contributed by atoms with Gasteiger partial charge in [-0.15, -0.1) is 12.4 Å². The summed E-state index contributed by atoms with van der Waals surface area (Å²) < 4.78 is 4.80. The van der Waals surface area contributed by atoms with Crippen LogP contribution in [-0.4, -0.2) is 19.1 Å². The number of carbonyl (C=O) groups excluding carboxylic acids is 1. The molecular weight excluding hydrogens is 309 g/mol. The molecular formula is C13H16Cl3NO2. The van der Waals surface area contributed by atoms with Crippen LogP contribution in [0.3, 0.4) is 0 Å². The largest absolute Gasteiger partial charge is 0.463 e. The molecule has 1 atom stereocenters. The Balaban J connectivity index is 0.00000324. The highest BCUT2D eigenvalue weighted by Crippen LogP contribution is 2.27. The zero-order valence-electron chi connectivity index (χ0n) is 10.4. The third-order valence-electron chi connectivity index (χ3n) is 2.37. The maximum absolute atomic E-state index is 11.2. The minimum Gasteiger partial charge on any atom is -0.463 e. The van der Waals surface area contributed by atoms with Crippen LogP contribution in [0.2, 0.25) is 10.0 Å². The monoisotopic (exact) mass is 323 g/mol. The van der Waals surface area contributed by atoms with Crippen molar-refractivity contribution in [3.63, 3.8) is 0 Å². The van der Waals surface area contributed by atoms with E-state index in [-0.39, 0.29) is 24.3 Å². The van der Waals surface area contributed by atoms with Crippen LogP contribution in [0.15, 0.2) is 30.4 Å². The van der Waals surface area contributed by atoms with Crippen molar-refractivity contribution in [2.75, 3.05) is 13.2 Å². The zero-order valence-corrected chi connectivity index (χ0v) is 12.8. The summed E-state index contributed by atoms with van der Waals surface area (Å²) in [5, 5.41) is 1.10. The van der Waals surface area contributed by atoms with E-state index in [1.54, 1.807) is 31.2 Å². The molecule has 0 bridgehead atoms. The smallest absolute Gasteiger partial charge is 0.330 e. The summed E-state index contributed by atoms with van der Waals surface area (Å²) in [5.74, 6) is -0.528. The average molecular weight is 325 g/mol. The molecule has 0 saturated carbocycles. The SMILES string of the molecule is CCOC(=O)/C=C/C(CN)c1ccc(Cl)cc1Cl.Cl. The van der Waals surface area contributed by atoms with E-state index in [4.69, 9.17) is 33.7 Å². The van der Waals surface area contributed by atoms with Gasteiger partial charge in [-0.05, 0) is 24.6 Å². The topological polar surface area (TPSA) is 52.3 Å². The van der Waals surface area contributed by atoms with Crippen molar-refractivity contribution < 1.29 is 9.53 Å². The Morgan fingerprint density at radius 2 is 2.16 bits per heavy atom. The molecule has 0 aromatic heterocycles. The lowest BCUT2D eigenvalue weighted by Crippen LogP contribution is -2.11. The minimum atomic E-state index is -0.388. The first-order valence-electron chi connectivity index (χ1n) is 5.58. The van der Waals surface area contributed by atoms with Gasteiger partial charge in [0, 0.05) is 28.6 Å². The quantitative estimate of drug-likeness (QED) is 0.665. The summed E-state index contributed by atoms with van der Waals surface area (Å²) in [6, 6.07) is 5.20. The number of rotatable bonds is 5. The van der Waals surface area contributed by atoms with Crippen molar-refractivity contribution in [2.45, 2.75) is 12.8 Å². The summed E-state index contributed by atoms with van der Waals surface area (Å²) in [7, 11) is 0. The molecule has 0 heterocycles. The molecule has 1 aromatic carbocycles. The number of carbonyl (C=O) groups is 1. The molecule has 0 saturated heterocycles. The molecule has 0 fully saturated rings. The fourth-order valence-corrected chi connectivity index (χ4v) is 2.05. The summed E-state index contributed by atoms with van der Waals surface area (Å²) in [5.41, 5.74) is 6.51. The molecule has 0 spiro atoms. The van der Waals surface area contributed by atoms with Gasteiger partial charge in [0.1, 0.15) is 0 Å². The van der Waals surface area contributed by atoms with Crippen molar-refractivity contribution in [1.82, 2.24) is 0 Å². The van der Waals surface area contributed by atoms with Crippen LogP contribution in [-0.2, 0) is 9.53 Å².